The Morgan fingerprint density at radius 3 is 2.56 bits per heavy atom. The Balaban J connectivity index is 1.24. The van der Waals surface area contributed by atoms with Crippen molar-refractivity contribution >= 4 is 22.8 Å². The van der Waals surface area contributed by atoms with E-state index in [9.17, 15) is 9.59 Å². The van der Waals surface area contributed by atoms with E-state index in [0.29, 0.717) is 24.9 Å². The van der Waals surface area contributed by atoms with Crippen LogP contribution in [0.2, 0.25) is 0 Å². The number of benzene rings is 2. The number of ether oxygens (including phenoxy) is 1. The van der Waals surface area contributed by atoms with E-state index in [0.717, 1.165) is 55.4 Å². The second-order valence-corrected chi connectivity index (χ2v) is 9.66. The molecule has 0 unspecified atom stereocenters. The quantitative estimate of drug-likeness (QED) is 0.372. The number of para-hydroxylation sites is 3. The van der Waals surface area contributed by atoms with E-state index in [2.05, 4.69) is 9.88 Å². The number of likely N-dealkylation sites (N-methyl/N-ethyl adjacent to an activating group) is 1. The molecular formula is C29H38N4O3. The van der Waals surface area contributed by atoms with Crippen molar-refractivity contribution in [1.82, 2.24) is 19.8 Å². The fourth-order valence-corrected chi connectivity index (χ4v) is 4.94. The van der Waals surface area contributed by atoms with Crippen LogP contribution in [0.25, 0.3) is 11.0 Å². The number of unbranched alkanes of at least 4 members (excludes halogenated alkanes) is 2. The molecule has 0 bridgehead atoms. The Labute approximate surface area is 213 Å². The van der Waals surface area contributed by atoms with Gasteiger partial charge in [0, 0.05) is 26.1 Å². The molecule has 1 saturated carbocycles. The molecule has 2 aromatic carbocycles. The summed E-state index contributed by atoms with van der Waals surface area (Å²) in [6.45, 7) is 0.982. The highest BCUT2D eigenvalue weighted by molar-refractivity contribution is 5.81. The Bertz CT molecular complexity index is 1120. The largest absolute Gasteiger partial charge is 0.484 e. The molecule has 2 amide bonds. The lowest BCUT2D eigenvalue weighted by molar-refractivity contribution is -0.133. The predicted molar refractivity (Wildman–Crippen MR) is 142 cm³/mol. The highest BCUT2D eigenvalue weighted by atomic mass is 16.5. The molecule has 4 rings (SSSR count). The van der Waals surface area contributed by atoms with Gasteiger partial charge in [0.1, 0.15) is 18.1 Å². The van der Waals surface area contributed by atoms with Crippen LogP contribution < -0.4 is 10.1 Å². The third kappa shape index (κ3) is 7.09. The summed E-state index contributed by atoms with van der Waals surface area (Å²) in [4.78, 5) is 32.0. The molecule has 1 heterocycles. The lowest BCUT2D eigenvalue weighted by Gasteiger charge is -2.31. The molecule has 1 N–H and O–H groups in total. The van der Waals surface area contributed by atoms with Crippen molar-refractivity contribution in [3.63, 3.8) is 0 Å². The maximum absolute atomic E-state index is 13.2. The molecule has 192 valence electrons. The smallest absolute Gasteiger partial charge is 0.257 e. The van der Waals surface area contributed by atoms with Gasteiger partial charge in [0.25, 0.3) is 5.91 Å². The first-order valence-electron chi connectivity index (χ1n) is 13.3. The molecule has 1 aliphatic rings. The molecule has 7 heteroatoms. The molecule has 0 saturated heterocycles. The third-order valence-electron chi connectivity index (χ3n) is 7.06. The minimum Gasteiger partial charge on any atom is -0.484 e. The summed E-state index contributed by atoms with van der Waals surface area (Å²) < 4.78 is 7.58. The van der Waals surface area contributed by atoms with Gasteiger partial charge in [-0.25, -0.2) is 4.98 Å². The highest BCUT2D eigenvalue weighted by Gasteiger charge is 2.23. The first kappa shape index (κ1) is 25.7. The third-order valence-corrected chi connectivity index (χ3v) is 7.06. The number of aryl methyl sites for hydroxylation is 1. The maximum atomic E-state index is 13.2. The molecule has 0 spiro atoms. The van der Waals surface area contributed by atoms with Gasteiger partial charge in [0.15, 0.2) is 6.61 Å². The minimum absolute atomic E-state index is 0.0252. The molecule has 36 heavy (non-hydrogen) atoms. The van der Waals surface area contributed by atoms with Crippen molar-refractivity contribution in [3.05, 3.63) is 60.4 Å². The number of nitrogens with zero attached hydrogens (tertiary/aromatic N) is 3. The number of hydrogen-bond donors (Lipinski definition) is 1. The van der Waals surface area contributed by atoms with Gasteiger partial charge in [0.2, 0.25) is 5.91 Å². The minimum atomic E-state index is -0.110. The Kier molecular flexibility index (Phi) is 9.36. The fraction of sp³-hybridized carbons (Fsp3) is 0.483. The van der Waals surface area contributed by atoms with Crippen LogP contribution in [-0.2, 0) is 22.6 Å². The molecule has 1 aliphatic carbocycles. The number of hydrogen-bond acceptors (Lipinski definition) is 4. The standard InChI is InChI=1S/C29H38N4O3/c1-32(23-13-5-2-6-14-23)29(35)21-33-26-18-11-10-17-25(26)31-27(33)19-9-4-12-20-30-28(34)22-36-24-15-7-3-8-16-24/h3,7-8,10-11,15-18,23H,2,4-6,9,12-14,19-22H2,1H3,(H,30,34). The number of rotatable bonds is 12. The van der Waals surface area contributed by atoms with Crippen molar-refractivity contribution in [2.24, 2.45) is 0 Å². The van der Waals surface area contributed by atoms with Crippen LogP contribution in [0.1, 0.15) is 57.2 Å². The van der Waals surface area contributed by atoms with Crippen molar-refractivity contribution in [3.8, 4) is 5.75 Å². The summed E-state index contributed by atoms with van der Waals surface area (Å²) in [7, 11) is 1.95. The first-order chi connectivity index (χ1) is 17.6. The zero-order valence-corrected chi connectivity index (χ0v) is 21.3. The van der Waals surface area contributed by atoms with Gasteiger partial charge in [-0.15, -0.1) is 0 Å². The van der Waals surface area contributed by atoms with Gasteiger partial charge in [-0.2, -0.15) is 0 Å². The second kappa shape index (κ2) is 13.1. The van der Waals surface area contributed by atoms with Crippen molar-refractivity contribution in [2.75, 3.05) is 20.2 Å². The Morgan fingerprint density at radius 2 is 1.75 bits per heavy atom. The average molecular weight is 491 g/mol. The average Bonchev–Trinajstić information content (AvgIpc) is 3.27. The number of carbonyl (C=O) groups is 2. The molecule has 0 aliphatic heterocycles. The zero-order chi connectivity index (χ0) is 25.2. The SMILES string of the molecule is CN(C(=O)Cn1c(CCCCCNC(=O)COc2ccccc2)nc2ccccc21)C1CCCCC1. The lowest BCUT2D eigenvalue weighted by Crippen LogP contribution is -2.40. The number of aromatic nitrogens is 2. The Morgan fingerprint density at radius 1 is 1.00 bits per heavy atom. The highest BCUT2D eigenvalue weighted by Crippen LogP contribution is 2.23. The lowest BCUT2D eigenvalue weighted by atomic mass is 9.94. The Hall–Kier alpha value is -3.35. The van der Waals surface area contributed by atoms with E-state index < -0.39 is 0 Å². The topological polar surface area (TPSA) is 76.5 Å². The summed E-state index contributed by atoms with van der Waals surface area (Å²) in [6, 6.07) is 17.8. The monoisotopic (exact) mass is 490 g/mol. The van der Waals surface area contributed by atoms with E-state index in [1.165, 1.54) is 19.3 Å². The molecule has 1 fully saturated rings. The van der Waals surface area contributed by atoms with Gasteiger partial charge in [-0.05, 0) is 49.9 Å². The zero-order valence-electron chi connectivity index (χ0n) is 21.3. The fourth-order valence-electron chi connectivity index (χ4n) is 4.94. The van der Waals surface area contributed by atoms with Gasteiger partial charge >= 0.3 is 0 Å². The van der Waals surface area contributed by atoms with Gasteiger partial charge in [0.05, 0.1) is 11.0 Å². The normalized spacial score (nSPS) is 14.0. The number of fused-ring (bicyclic) bond motifs is 1. The second-order valence-electron chi connectivity index (χ2n) is 9.66. The van der Waals surface area contributed by atoms with Gasteiger partial charge in [-0.1, -0.05) is 56.0 Å². The predicted octanol–water partition coefficient (Wildman–Crippen LogP) is 4.74. The molecule has 0 radical (unpaired) electrons. The van der Waals surface area contributed by atoms with Crippen molar-refractivity contribution < 1.29 is 14.3 Å². The summed E-state index contributed by atoms with van der Waals surface area (Å²) in [6.07, 6.45) is 9.53. The van der Waals surface area contributed by atoms with Crippen LogP contribution >= 0.6 is 0 Å². The van der Waals surface area contributed by atoms with Crippen LogP contribution in [0.4, 0.5) is 0 Å². The van der Waals surface area contributed by atoms with Gasteiger partial charge < -0.3 is 19.5 Å². The number of amides is 2. The van der Waals surface area contributed by atoms with Crippen LogP contribution in [0.5, 0.6) is 5.75 Å². The molecular weight excluding hydrogens is 452 g/mol. The van der Waals surface area contributed by atoms with E-state index in [1.807, 2.05) is 66.5 Å². The summed E-state index contributed by atoms with van der Waals surface area (Å²) in [5.41, 5.74) is 1.95. The summed E-state index contributed by atoms with van der Waals surface area (Å²) in [5, 5.41) is 2.92. The summed E-state index contributed by atoms with van der Waals surface area (Å²) >= 11 is 0. The van der Waals surface area contributed by atoms with Gasteiger partial charge in [-0.3, -0.25) is 9.59 Å². The van der Waals surface area contributed by atoms with E-state index in [-0.39, 0.29) is 18.4 Å². The maximum Gasteiger partial charge on any atom is 0.257 e. The number of carbonyl (C=O) groups excluding carboxylic acids is 2. The first-order valence-corrected chi connectivity index (χ1v) is 13.3. The molecule has 0 atom stereocenters. The van der Waals surface area contributed by atoms with Crippen LogP contribution in [0, 0.1) is 0 Å². The van der Waals surface area contributed by atoms with Crippen molar-refractivity contribution in [2.45, 2.75) is 70.4 Å². The van der Waals surface area contributed by atoms with E-state index in [1.54, 1.807) is 0 Å². The molecule has 7 nitrogen and oxygen atoms in total. The van der Waals surface area contributed by atoms with Crippen LogP contribution in [0.3, 0.4) is 0 Å². The van der Waals surface area contributed by atoms with E-state index >= 15 is 0 Å². The van der Waals surface area contributed by atoms with Crippen LogP contribution in [-0.4, -0.2) is 52.5 Å². The summed E-state index contributed by atoms with van der Waals surface area (Å²) in [5.74, 6) is 1.70. The molecule has 1 aromatic heterocycles. The molecule has 3 aromatic rings. The van der Waals surface area contributed by atoms with E-state index in [4.69, 9.17) is 9.72 Å². The van der Waals surface area contributed by atoms with Crippen molar-refractivity contribution in [1.29, 1.82) is 0 Å². The number of nitrogens with one attached hydrogen (secondary N) is 1. The van der Waals surface area contributed by atoms with Crippen LogP contribution in [0.15, 0.2) is 54.6 Å². The number of imidazole rings is 1.